The van der Waals surface area contributed by atoms with Crippen LogP contribution in [0.3, 0.4) is 0 Å². The Bertz CT molecular complexity index is 422. The Morgan fingerprint density at radius 2 is 1.76 bits per heavy atom. The van der Waals surface area contributed by atoms with Gasteiger partial charge in [-0.1, -0.05) is 13.3 Å². The van der Waals surface area contributed by atoms with Crippen LogP contribution in [0.1, 0.15) is 38.2 Å². The average Bonchev–Trinajstić information content (AvgIpc) is 2.46. The largest absolute Gasteiger partial charge is 0.490 e. The van der Waals surface area contributed by atoms with Crippen molar-refractivity contribution in [2.45, 2.75) is 44.9 Å². The second-order valence-electron chi connectivity index (χ2n) is 5.53. The highest BCUT2D eigenvalue weighted by molar-refractivity contribution is 5.29. The first-order chi connectivity index (χ1) is 9.99. The lowest BCUT2D eigenvalue weighted by Crippen LogP contribution is -2.38. The van der Waals surface area contributed by atoms with E-state index in [1.165, 1.54) is 25.0 Å². The van der Waals surface area contributed by atoms with Crippen LogP contribution >= 0.6 is 0 Å². The summed E-state index contributed by atoms with van der Waals surface area (Å²) >= 11 is 0. The Morgan fingerprint density at radius 3 is 2.29 bits per heavy atom. The molecule has 1 saturated heterocycles. The predicted molar refractivity (Wildman–Crippen MR) is 76.4 cm³/mol. The van der Waals surface area contributed by atoms with Crippen molar-refractivity contribution in [3.8, 4) is 5.75 Å². The summed E-state index contributed by atoms with van der Waals surface area (Å²) in [5.41, 5.74) is -0.635. The van der Waals surface area contributed by atoms with Crippen molar-refractivity contribution in [2.24, 2.45) is 0 Å². The number of ether oxygens (including phenoxy) is 1. The van der Waals surface area contributed by atoms with Gasteiger partial charge in [0, 0.05) is 13.1 Å². The molecule has 1 aromatic carbocycles. The minimum atomic E-state index is -4.29. The van der Waals surface area contributed by atoms with Crippen molar-refractivity contribution in [3.05, 3.63) is 29.8 Å². The molecule has 0 saturated carbocycles. The summed E-state index contributed by atoms with van der Waals surface area (Å²) in [6.07, 6.45) is 0.102. The molecule has 118 valence electrons. The number of hydrogen-bond donors (Lipinski definition) is 0. The van der Waals surface area contributed by atoms with Crippen LogP contribution in [0.4, 0.5) is 13.2 Å². The first kappa shape index (κ1) is 16.1. The second kappa shape index (κ2) is 7.16. The van der Waals surface area contributed by atoms with Gasteiger partial charge < -0.3 is 9.64 Å². The number of piperidine rings is 1. The Morgan fingerprint density at radius 1 is 1.14 bits per heavy atom. The maximum atomic E-state index is 12.5. The number of nitrogens with zero attached hydrogens (tertiary/aromatic N) is 1. The molecular weight excluding hydrogens is 279 g/mol. The number of likely N-dealkylation sites (tertiary alicyclic amines) is 1. The van der Waals surface area contributed by atoms with E-state index in [1.54, 1.807) is 0 Å². The fraction of sp³-hybridized carbons (Fsp3) is 0.625. The zero-order valence-corrected chi connectivity index (χ0v) is 12.3. The smallest absolute Gasteiger partial charge is 0.416 e. The van der Waals surface area contributed by atoms with Crippen LogP contribution < -0.4 is 4.74 Å². The van der Waals surface area contributed by atoms with Gasteiger partial charge in [-0.05, 0) is 50.1 Å². The number of unbranched alkanes of at least 4 members (excludes halogenated alkanes) is 1. The first-order valence-electron chi connectivity index (χ1n) is 7.55. The summed E-state index contributed by atoms with van der Waals surface area (Å²) in [6.45, 7) is 5.32. The molecular formula is C16H22F3NO. The Kier molecular flexibility index (Phi) is 5.51. The molecule has 0 spiro atoms. The first-order valence-corrected chi connectivity index (χ1v) is 7.55. The van der Waals surface area contributed by atoms with Crippen molar-refractivity contribution in [1.29, 1.82) is 0 Å². The lowest BCUT2D eigenvalue weighted by molar-refractivity contribution is -0.137. The summed E-state index contributed by atoms with van der Waals surface area (Å²) in [7, 11) is 0. The number of rotatable bonds is 5. The molecule has 1 heterocycles. The monoisotopic (exact) mass is 301 g/mol. The summed E-state index contributed by atoms with van der Waals surface area (Å²) in [6, 6.07) is 4.97. The molecule has 0 bridgehead atoms. The van der Waals surface area contributed by atoms with E-state index in [0.717, 1.165) is 44.6 Å². The highest BCUT2D eigenvalue weighted by Crippen LogP contribution is 2.30. The van der Waals surface area contributed by atoms with Crippen molar-refractivity contribution >= 4 is 0 Å². The molecule has 0 aliphatic carbocycles. The molecule has 1 aliphatic rings. The number of alkyl halides is 3. The highest BCUT2D eigenvalue weighted by Gasteiger charge is 2.30. The molecule has 0 radical (unpaired) electrons. The fourth-order valence-electron chi connectivity index (χ4n) is 2.55. The zero-order chi connectivity index (χ0) is 15.3. The van der Waals surface area contributed by atoms with Crippen molar-refractivity contribution in [2.75, 3.05) is 19.6 Å². The van der Waals surface area contributed by atoms with Crippen LogP contribution in [0.15, 0.2) is 24.3 Å². The van der Waals surface area contributed by atoms with Gasteiger partial charge in [0.1, 0.15) is 11.9 Å². The lowest BCUT2D eigenvalue weighted by Gasteiger charge is -2.32. The summed E-state index contributed by atoms with van der Waals surface area (Å²) in [4.78, 5) is 2.43. The fourth-order valence-corrected chi connectivity index (χ4v) is 2.55. The van der Waals surface area contributed by atoms with Crippen LogP contribution in [0.2, 0.25) is 0 Å². The third-order valence-electron chi connectivity index (χ3n) is 3.85. The normalized spacial score (nSPS) is 17.9. The Balaban J connectivity index is 1.81. The van der Waals surface area contributed by atoms with Crippen molar-refractivity contribution in [1.82, 2.24) is 4.90 Å². The third kappa shape index (κ3) is 4.92. The molecule has 0 aromatic heterocycles. The maximum Gasteiger partial charge on any atom is 0.416 e. The molecule has 1 fully saturated rings. The third-order valence-corrected chi connectivity index (χ3v) is 3.85. The lowest BCUT2D eigenvalue weighted by atomic mass is 10.1. The van der Waals surface area contributed by atoms with Gasteiger partial charge in [0.05, 0.1) is 5.56 Å². The summed E-state index contributed by atoms with van der Waals surface area (Å²) in [5, 5.41) is 0. The molecule has 0 atom stereocenters. The van der Waals surface area contributed by atoms with Crippen LogP contribution in [0.5, 0.6) is 5.75 Å². The van der Waals surface area contributed by atoms with Gasteiger partial charge >= 0.3 is 6.18 Å². The van der Waals surface area contributed by atoms with E-state index >= 15 is 0 Å². The number of hydrogen-bond acceptors (Lipinski definition) is 2. The summed E-state index contributed by atoms with van der Waals surface area (Å²) < 4.78 is 43.2. The van der Waals surface area contributed by atoms with Crippen molar-refractivity contribution in [3.63, 3.8) is 0 Å². The molecule has 0 unspecified atom stereocenters. The molecule has 1 aromatic rings. The maximum absolute atomic E-state index is 12.5. The minimum Gasteiger partial charge on any atom is -0.490 e. The highest BCUT2D eigenvalue weighted by atomic mass is 19.4. The van der Waals surface area contributed by atoms with Crippen LogP contribution in [0, 0.1) is 0 Å². The second-order valence-corrected chi connectivity index (χ2v) is 5.53. The van der Waals surface area contributed by atoms with Gasteiger partial charge in [-0.15, -0.1) is 0 Å². The Labute approximate surface area is 123 Å². The van der Waals surface area contributed by atoms with Gasteiger partial charge in [-0.25, -0.2) is 0 Å². The zero-order valence-electron chi connectivity index (χ0n) is 12.3. The van der Waals surface area contributed by atoms with Crippen molar-refractivity contribution < 1.29 is 17.9 Å². The quantitative estimate of drug-likeness (QED) is 0.801. The van der Waals surface area contributed by atoms with E-state index in [-0.39, 0.29) is 6.10 Å². The van der Waals surface area contributed by atoms with Gasteiger partial charge in [0.15, 0.2) is 0 Å². The van der Waals surface area contributed by atoms with E-state index < -0.39 is 11.7 Å². The molecule has 2 nitrogen and oxygen atoms in total. The number of benzene rings is 1. The van der Waals surface area contributed by atoms with E-state index in [4.69, 9.17) is 4.74 Å². The van der Waals surface area contributed by atoms with Crippen LogP contribution in [0.25, 0.3) is 0 Å². The van der Waals surface area contributed by atoms with E-state index in [0.29, 0.717) is 5.75 Å². The van der Waals surface area contributed by atoms with Crippen LogP contribution in [-0.2, 0) is 6.18 Å². The van der Waals surface area contributed by atoms with Gasteiger partial charge in [0.2, 0.25) is 0 Å². The predicted octanol–water partition coefficient (Wildman–Crippen LogP) is 4.35. The summed E-state index contributed by atoms with van der Waals surface area (Å²) in [5.74, 6) is 0.523. The van der Waals surface area contributed by atoms with E-state index in [1.807, 2.05) is 0 Å². The minimum absolute atomic E-state index is 0.111. The van der Waals surface area contributed by atoms with Gasteiger partial charge in [0.25, 0.3) is 0 Å². The van der Waals surface area contributed by atoms with Crippen LogP contribution in [-0.4, -0.2) is 30.6 Å². The molecule has 1 aliphatic heterocycles. The number of halogens is 3. The SMILES string of the molecule is CCCCN1CCC(Oc2ccc(C(F)(F)F)cc2)CC1. The molecule has 0 N–H and O–H groups in total. The van der Waals surface area contributed by atoms with E-state index in [2.05, 4.69) is 11.8 Å². The van der Waals surface area contributed by atoms with Gasteiger partial charge in [-0.2, -0.15) is 13.2 Å². The van der Waals surface area contributed by atoms with E-state index in [9.17, 15) is 13.2 Å². The topological polar surface area (TPSA) is 12.5 Å². The average molecular weight is 301 g/mol. The Hall–Kier alpha value is -1.23. The molecule has 21 heavy (non-hydrogen) atoms. The molecule has 5 heteroatoms. The molecule has 2 rings (SSSR count). The standard InChI is InChI=1S/C16H22F3NO/c1-2-3-10-20-11-8-15(9-12-20)21-14-6-4-13(5-7-14)16(17,18)19/h4-7,15H,2-3,8-12H2,1H3. The van der Waals surface area contributed by atoms with Gasteiger partial charge in [-0.3, -0.25) is 0 Å². The molecule has 0 amide bonds.